The third kappa shape index (κ3) is 4.59. The summed E-state index contributed by atoms with van der Waals surface area (Å²) in [5, 5.41) is 6.38. The van der Waals surface area contributed by atoms with Crippen LogP contribution in [0, 0.1) is 0 Å². The average molecular weight is 422 g/mol. The molecule has 1 saturated heterocycles. The lowest BCUT2D eigenvalue weighted by atomic mass is 10.2. The van der Waals surface area contributed by atoms with E-state index in [0.717, 1.165) is 22.6 Å². The number of nitrogens with zero attached hydrogens (tertiary/aromatic N) is 3. The molecule has 3 heterocycles. The van der Waals surface area contributed by atoms with Crippen molar-refractivity contribution in [1.82, 2.24) is 19.4 Å². The highest BCUT2D eigenvalue weighted by Gasteiger charge is 2.17. The fourth-order valence-electron chi connectivity index (χ4n) is 2.72. The lowest BCUT2D eigenvalue weighted by molar-refractivity contribution is -0.116. The molecule has 0 saturated carbocycles. The van der Waals surface area contributed by atoms with Crippen LogP contribution in [0.25, 0.3) is 11.0 Å². The first-order valence-corrected chi connectivity index (χ1v) is 8.79. The summed E-state index contributed by atoms with van der Waals surface area (Å²) >= 11 is 1.83. The molecule has 1 aliphatic rings. The average Bonchev–Trinajstić information content (AvgIpc) is 2.59. The third-order valence-corrected chi connectivity index (χ3v) is 5.14. The van der Waals surface area contributed by atoms with Crippen LogP contribution in [0.1, 0.15) is 6.42 Å². The zero-order valence-electron chi connectivity index (χ0n) is 14.4. The number of hydrogen-bond donors (Lipinski definition) is 2. The van der Waals surface area contributed by atoms with Crippen molar-refractivity contribution in [3.05, 3.63) is 33.1 Å². The van der Waals surface area contributed by atoms with Gasteiger partial charge in [-0.25, -0.2) is 9.78 Å². The molecule has 1 aliphatic heterocycles. The topological polar surface area (TPSA) is 98.0 Å². The normalized spacial score (nSPS) is 16.5. The van der Waals surface area contributed by atoms with Gasteiger partial charge in [0.15, 0.2) is 0 Å². The van der Waals surface area contributed by atoms with Gasteiger partial charge in [-0.05, 0) is 6.07 Å². The summed E-state index contributed by atoms with van der Waals surface area (Å²) in [6, 6.07) is 1.72. The Kier molecular flexibility index (Phi) is 8.14. The molecule has 3 rings (SSSR count). The lowest BCUT2D eigenvalue weighted by Gasteiger charge is -2.22. The predicted molar refractivity (Wildman–Crippen MR) is 109 cm³/mol. The summed E-state index contributed by atoms with van der Waals surface area (Å²) in [6.07, 6.45) is 1.83. The Morgan fingerprint density at radius 2 is 2.08 bits per heavy atom. The number of fused-ring (bicyclic) bond motifs is 1. The number of anilines is 1. The number of thioether (sulfide) groups is 1. The van der Waals surface area contributed by atoms with Gasteiger partial charge in [-0.15, -0.1) is 24.8 Å². The van der Waals surface area contributed by atoms with Crippen molar-refractivity contribution in [2.45, 2.75) is 12.5 Å². The number of nitrogens with one attached hydrogen (secondary N) is 2. The Hall–Kier alpha value is -1.55. The molecule has 0 aliphatic carbocycles. The summed E-state index contributed by atoms with van der Waals surface area (Å²) in [7, 11) is 2.98. The summed E-state index contributed by atoms with van der Waals surface area (Å²) < 4.78 is 2.34. The molecule has 0 bridgehead atoms. The summed E-state index contributed by atoms with van der Waals surface area (Å²) in [6.45, 7) is 0.907. The van der Waals surface area contributed by atoms with Crippen LogP contribution >= 0.6 is 36.6 Å². The largest absolute Gasteiger partial charge is 0.332 e. The number of carbonyl (C=O) groups is 1. The van der Waals surface area contributed by atoms with E-state index in [-0.39, 0.29) is 36.8 Å². The Balaban J connectivity index is 0.00000169. The smallest absolute Gasteiger partial charge is 0.325 e. The number of halogens is 2. The SMILES string of the molecule is Cl.Cl.Cn1c(=O)c2cc(NC(=O)CC3CSCCN3)cnc2n(C)c1=O. The summed E-state index contributed by atoms with van der Waals surface area (Å²) in [5.74, 6) is 1.85. The summed E-state index contributed by atoms with van der Waals surface area (Å²) in [4.78, 5) is 40.5. The number of carbonyl (C=O) groups excluding carboxylic acids is 1. The van der Waals surface area contributed by atoms with Crippen LogP contribution < -0.4 is 21.9 Å². The van der Waals surface area contributed by atoms with Crippen molar-refractivity contribution in [2.24, 2.45) is 14.1 Å². The lowest BCUT2D eigenvalue weighted by Crippen LogP contribution is -2.40. The monoisotopic (exact) mass is 421 g/mol. The maximum absolute atomic E-state index is 12.2. The number of hydrogen-bond acceptors (Lipinski definition) is 6. The van der Waals surface area contributed by atoms with Crippen molar-refractivity contribution >= 4 is 59.2 Å². The van der Waals surface area contributed by atoms with Crippen LogP contribution in [-0.2, 0) is 18.9 Å². The van der Waals surface area contributed by atoms with Gasteiger partial charge in [0.2, 0.25) is 5.91 Å². The molecule has 1 atom stereocenters. The highest BCUT2D eigenvalue weighted by molar-refractivity contribution is 7.99. The van der Waals surface area contributed by atoms with Gasteiger partial charge in [0.25, 0.3) is 5.56 Å². The van der Waals surface area contributed by atoms with Gasteiger partial charge in [-0.1, -0.05) is 0 Å². The third-order valence-electron chi connectivity index (χ3n) is 4.01. The number of aryl methyl sites for hydroxylation is 1. The fourth-order valence-corrected chi connectivity index (χ4v) is 3.67. The standard InChI is InChI=1S/C15H19N5O3S.2ClH/c1-19-13-11(14(22)20(2)15(19)23)5-9(7-17-13)18-12(21)6-10-8-24-4-3-16-10;;/h5,7,10,16H,3-4,6,8H2,1-2H3,(H,18,21);2*1H. The van der Waals surface area contributed by atoms with Crippen LogP contribution in [0.4, 0.5) is 5.69 Å². The van der Waals surface area contributed by atoms with Crippen LogP contribution in [-0.4, -0.2) is 44.1 Å². The van der Waals surface area contributed by atoms with E-state index in [1.54, 1.807) is 13.1 Å². The van der Waals surface area contributed by atoms with Crippen molar-refractivity contribution in [2.75, 3.05) is 23.4 Å². The Bertz CT molecular complexity index is 909. The van der Waals surface area contributed by atoms with Gasteiger partial charge < -0.3 is 10.6 Å². The van der Waals surface area contributed by atoms with E-state index < -0.39 is 11.2 Å². The van der Waals surface area contributed by atoms with Gasteiger partial charge in [-0.2, -0.15) is 11.8 Å². The molecule has 1 amide bonds. The minimum Gasteiger partial charge on any atom is -0.325 e. The highest BCUT2D eigenvalue weighted by Crippen LogP contribution is 2.14. The van der Waals surface area contributed by atoms with Crippen molar-refractivity contribution in [1.29, 1.82) is 0 Å². The molecule has 1 fully saturated rings. The first kappa shape index (κ1) is 22.5. The first-order chi connectivity index (χ1) is 11.5. The molecule has 8 nitrogen and oxygen atoms in total. The first-order valence-electron chi connectivity index (χ1n) is 7.64. The van der Waals surface area contributed by atoms with Gasteiger partial charge in [0.05, 0.1) is 17.3 Å². The molecular weight excluding hydrogens is 401 g/mol. The van der Waals surface area contributed by atoms with Crippen LogP contribution in [0.15, 0.2) is 21.9 Å². The zero-order chi connectivity index (χ0) is 17.3. The van der Waals surface area contributed by atoms with Crippen LogP contribution in [0.2, 0.25) is 0 Å². The Labute approximate surface area is 166 Å². The molecule has 2 aromatic heterocycles. The quantitative estimate of drug-likeness (QED) is 0.748. The molecule has 1 unspecified atom stereocenters. The van der Waals surface area contributed by atoms with Crippen LogP contribution in [0.5, 0.6) is 0 Å². The van der Waals surface area contributed by atoms with E-state index in [4.69, 9.17) is 0 Å². The van der Waals surface area contributed by atoms with E-state index in [2.05, 4.69) is 15.6 Å². The number of amides is 1. The minimum atomic E-state index is -0.433. The molecule has 0 aromatic carbocycles. The second kappa shape index (κ2) is 9.40. The van der Waals surface area contributed by atoms with Crippen LogP contribution in [0.3, 0.4) is 0 Å². The fraction of sp³-hybridized carbons (Fsp3) is 0.467. The number of aromatic nitrogens is 3. The maximum Gasteiger partial charge on any atom is 0.332 e. The van der Waals surface area contributed by atoms with Crippen molar-refractivity contribution in [3.8, 4) is 0 Å². The molecule has 2 aromatic rings. The zero-order valence-corrected chi connectivity index (χ0v) is 16.8. The molecule has 0 radical (unpaired) electrons. The molecule has 26 heavy (non-hydrogen) atoms. The molecule has 144 valence electrons. The van der Waals surface area contributed by atoms with E-state index in [1.165, 1.54) is 17.8 Å². The summed E-state index contributed by atoms with van der Waals surface area (Å²) in [5.41, 5.74) is -0.113. The molecule has 0 spiro atoms. The van der Waals surface area contributed by atoms with Gasteiger partial charge in [-0.3, -0.25) is 18.7 Å². The molecule has 11 heteroatoms. The van der Waals surface area contributed by atoms with E-state index in [9.17, 15) is 14.4 Å². The number of pyridine rings is 1. The number of rotatable bonds is 3. The van der Waals surface area contributed by atoms with Crippen molar-refractivity contribution < 1.29 is 4.79 Å². The van der Waals surface area contributed by atoms with E-state index >= 15 is 0 Å². The molecular formula is C15H21Cl2N5O3S. The van der Waals surface area contributed by atoms with Crippen molar-refractivity contribution in [3.63, 3.8) is 0 Å². The van der Waals surface area contributed by atoms with E-state index in [1.807, 2.05) is 11.8 Å². The maximum atomic E-state index is 12.2. The Morgan fingerprint density at radius 1 is 1.35 bits per heavy atom. The Morgan fingerprint density at radius 3 is 2.73 bits per heavy atom. The predicted octanol–water partition coefficient (Wildman–Crippen LogP) is 0.509. The van der Waals surface area contributed by atoms with Gasteiger partial charge in [0, 0.05) is 44.6 Å². The van der Waals surface area contributed by atoms with E-state index in [0.29, 0.717) is 23.1 Å². The highest BCUT2D eigenvalue weighted by atomic mass is 35.5. The second-order valence-corrected chi connectivity index (χ2v) is 6.93. The van der Waals surface area contributed by atoms with Gasteiger partial charge >= 0.3 is 5.69 Å². The van der Waals surface area contributed by atoms with Gasteiger partial charge in [0.1, 0.15) is 5.65 Å². The minimum absolute atomic E-state index is 0. The second-order valence-electron chi connectivity index (χ2n) is 5.78. The molecule has 2 N–H and O–H groups in total.